The van der Waals surface area contributed by atoms with Gasteiger partial charge in [-0.25, -0.2) is 13.1 Å². The van der Waals surface area contributed by atoms with Gasteiger partial charge in [-0.05, 0) is 32.0 Å². The van der Waals surface area contributed by atoms with Crippen molar-refractivity contribution in [2.75, 3.05) is 0 Å². The van der Waals surface area contributed by atoms with Crippen LogP contribution in [0, 0.1) is 0 Å². The lowest BCUT2D eigenvalue weighted by atomic mass is 10.1. The van der Waals surface area contributed by atoms with Gasteiger partial charge >= 0.3 is 0 Å². The summed E-state index contributed by atoms with van der Waals surface area (Å²) >= 11 is 0. The van der Waals surface area contributed by atoms with Gasteiger partial charge in [-0.1, -0.05) is 37.8 Å². The first-order valence-corrected chi connectivity index (χ1v) is 11.1. The van der Waals surface area contributed by atoms with E-state index in [1.807, 2.05) is 32.9 Å². The van der Waals surface area contributed by atoms with Gasteiger partial charge in [0.15, 0.2) is 0 Å². The summed E-state index contributed by atoms with van der Waals surface area (Å²) in [5, 5.41) is 0.974. The Morgan fingerprint density at radius 1 is 1.06 bits per heavy atom. The van der Waals surface area contributed by atoms with Crippen molar-refractivity contribution in [3.05, 3.63) is 24.3 Å². The van der Waals surface area contributed by atoms with Crippen molar-refractivity contribution in [3.8, 4) is 0 Å². The zero-order valence-corrected chi connectivity index (χ0v) is 13.9. The average molecular weight is 285 g/mol. The van der Waals surface area contributed by atoms with Crippen LogP contribution in [0.2, 0.25) is 19.6 Å². The van der Waals surface area contributed by atoms with Crippen LogP contribution in [-0.4, -0.2) is 22.0 Å². The number of rotatable bonds is 3. The first-order chi connectivity index (χ1) is 7.93. The van der Waals surface area contributed by atoms with Crippen molar-refractivity contribution in [1.29, 1.82) is 0 Å². The molecule has 0 saturated heterocycles. The van der Waals surface area contributed by atoms with Gasteiger partial charge < -0.3 is 0 Å². The molecule has 0 aliphatic heterocycles. The molecule has 1 N–H and O–H groups in total. The summed E-state index contributed by atoms with van der Waals surface area (Å²) < 4.78 is 27.6. The van der Waals surface area contributed by atoms with Crippen molar-refractivity contribution in [1.82, 2.24) is 4.72 Å². The summed E-state index contributed by atoms with van der Waals surface area (Å²) in [5.41, 5.74) is -0.467. The Morgan fingerprint density at radius 3 is 2.00 bits per heavy atom. The molecule has 0 radical (unpaired) electrons. The van der Waals surface area contributed by atoms with Gasteiger partial charge in [-0.2, -0.15) is 0 Å². The van der Waals surface area contributed by atoms with E-state index in [1.54, 1.807) is 12.1 Å². The first kappa shape index (κ1) is 15.4. The highest BCUT2D eigenvalue weighted by molar-refractivity contribution is 7.89. The summed E-state index contributed by atoms with van der Waals surface area (Å²) in [6.45, 7) is 12.0. The standard InChI is InChI=1S/C13H23NO2SSi/c1-13(2,3)14-17(15,16)11-9-7-8-10-12(11)18(4,5)6/h7-10,14H,1-6H3. The minimum absolute atomic E-state index is 0.430. The molecule has 1 aromatic carbocycles. The molecule has 0 aromatic heterocycles. The molecular formula is C13H23NO2SSi. The van der Waals surface area contributed by atoms with E-state index in [0.29, 0.717) is 4.90 Å². The SMILES string of the molecule is CC(C)(C)NS(=O)(=O)c1ccccc1[Si](C)(C)C. The molecule has 5 heteroatoms. The maximum absolute atomic E-state index is 12.4. The van der Waals surface area contributed by atoms with Crippen molar-refractivity contribution in [3.63, 3.8) is 0 Å². The minimum atomic E-state index is -3.45. The third-order valence-corrected chi connectivity index (χ3v) is 6.47. The molecule has 0 aliphatic carbocycles. The van der Waals surface area contributed by atoms with Gasteiger partial charge in [0.2, 0.25) is 10.0 Å². The molecule has 0 saturated carbocycles. The average Bonchev–Trinajstić information content (AvgIpc) is 2.12. The van der Waals surface area contributed by atoms with E-state index < -0.39 is 23.6 Å². The van der Waals surface area contributed by atoms with Crippen LogP contribution in [0.1, 0.15) is 20.8 Å². The van der Waals surface area contributed by atoms with Crippen molar-refractivity contribution >= 4 is 23.3 Å². The van der Waals surface area contributed by atoms with E-state index in [9.17, 15) is 8.42 Å². The Morgan fingerprint density at radius 2 is 1.56 bits per heavy atom. The molecule has 0 bridgehead atoms. The fourth-order valence-electron chi connectivity index (χ4n) is 1.78. The fourth-order valence-corrected chi connectivity index (χ4v) is 6.05. The molecule has 1 rings (SSSR count). The second-order valence-electron chi connectivity index (χ2n) is 6.60. The van der Waals surface area contributed by atoms with Crippen LogP contribution in [0.5, 0.6) is 0 Å². The minimum Gasteiger partial charge on any atom is -0.207 e. The highest BCUT2D eigenvalue weighted by atomic mass is 32.2. The molecule has 0 heterocycles. The maximum Gasteiger partial charge on any atom is 0.240 e. The Labute approximate surface area is 112 Å². The molecule has 0 unspecified atom stereocenters. The Balaban J connectivity index is 3.35. The number of hydrogen-bond donors (Lipinski definition) is 1. The number of sulfonamides is 1. The first-order valence-electron chi connectivity index (χ1n) is 6.07. The van der Waals surface area contributed by atoms with Crippen LogP contribution in [0.3, 0.4) is 0 Å². The summed E-state index contributed by atoms with van der Waals surface area (Å²) in [6, 6.07) is 7.32. The van der Waals surface area contributed by atoms with Gasteiger partial charge in [-0.15, -0.1) is 0 Å². The summed E-state index contributed by atoms with van der Waals surface area (Å²) in [5.74, 6) is 0. The van der Waals surface area contributed by atoms with Crippen LogP contribution in [0.15, 0.2) is 29.2 Å². The van der Waals surface area contributed by atoms with E-state index in [1.165, 1.54) is 0 Å². The lowest BCUT2D eigenvalue weighted by Crippen LogP contribution is -2.46. The molecule has 0 atom stereocenters. The van der Waals surface area contributed by atoms with Gasteiger partial charge in [0.05, 0.1) is 13.0 Å². The van der Waals surface area contributed by atoms with E-state index >= 15 is 0 Å². The highest BCUT2D eigenvalue weighted by Gasteiger charge is 2.29. The number of nitrogens with one attached hydrogen (secondary N) is 1. The molecule has 0 amide bonds. The van der Waals surface area contributed by atoms with Gasteiger partial charge in [0.1, 0.15) is 0 Å². The van der Waals surface area contributed by atoms with E-state index in [4.69, 9.17) is 0 Å². The van der Waals surface area contributed by atoms with Gasteiger partial charge in [-0.3, -0.25) is 0 Å². The van der Waals surface area contributed by atoms with Gasteiger partial charge in [0, 0.05) is 5.54 Å². The summed E-state index contributed by atoms with van der Waals surface area (Å²) in [7, 11) is -5.13. The molecule has 0 fully saturated rings. The summed E-state index contributed by atoms with van der Waals surface area (Å²) in [6.07, 6.45) is 0. The van der Waals surface area contributed by atoms with Crippen molar-refractivity contribution < 1.29 is 8.42 Å². The molecule has 3 nitrogen and oxygen atoms in total. The molecule has 0 aliphatic rings. The third kappa shape index (κ3) is 3.93. The van der Waals surface area contributed by atoms with Crippen molar-refractivity contribution in [2.24, 2.45) is 0 Å². The monoisotopic (exact) mass is 285 g/mol. The molecule has 1 aromatic rings. The second-order valence-corrected chi connectivity index (χ2v) is 13.3. The van der Waals surface area contributed by atoms with Crippen LogP contribution >= 0.6 is 0 Å². The van der Waals surface area contributed by atoms with E-state index in [2.05, 4.69) is 24.4 Å². The van der Waals surface area contributed by atoms with Crippen LogP contribution in [0.25, 0.3) is 0 Å². The Hall–Kier alpha value is -0.653. The van der Waals surface area contributed by atoms with E-state index in [0.717, 1.165) is 5.19 Å². The molecular weight excluding hydrogens is 262 g/mol. The van der Waals surface area contributed by atoms with Crippen LogP contribution < -0.4 is 9.91 Å². The second kappa shape index (κ2) is 4.79. The normalized spacial score (nSPS) is 13.7. The van der Waals surface area contributed by atoms with Crippen molar-refractivity contribution in [2.45, 2.75) is 50.8 Å². The number of hydrogen-bond acceptors (Lipinski definition) is 2. The van der Waals surface area contributed by atoms with Gasteiger partial charge in [0.25, 0.3) is 0 Å². The van der Waals surface area contributed by atoms with Crippen LogP contribution in [0.4, 0.5) is 0 Å². The fraction of sp³-hybridized carbons (Fsp3) is 0.538. The largest absolute Gasteiger partial charge is 0.240 e. The Bertz CT molecular complexity index is 525. The maximum atomic E-state index is 12.4. The zero-order valence-electron chi connectivity index (χ0n) is 12.0. The molecule has 18 heavy (non-hydrogen) atoms. The predicted octanol–water partition coefficient (Wildman–Crippen LogP) is 2.31. The van der Waals surface area contributed by atoms with Crippen LogP contribution in [-0.2, 0) is 10.0 Å². The molecule has 102 valence electrons. The molecule has 0 spiro atoms. The number of benzene rings is 1. The Kier molecular flexibility index (Phi) is 4.10. The third-order valence-electron chi connectivity index (χ3n) is 2.43. The zero-order chi connectivity index (χ0) is 14.2. The van der Waals surface area contributed by atoms with E-state index in [-0.39, 0.29) is 0 Å². The quantitative estimate of drug-likeness (QED) is 0.866. The summed E-state index contributed by atoms with van der Waals surface area (Å²) in [4.78, 5) is 0.430. The predicted molar refractivity (Wildman–Crippen MR) is 79.5 cm³/mol. The topological polar surface area (TPSA) is 46.2 Å². The lowest BCUT2D eigenvalue weighted by Gasteiger charge is -2.25. The lowest BCUT2D eigenvalue weighted by molar-refractivity contribution is 0.492. The highest BCUT2D eigenvalue weighted by Crippen LogP contribution is 2.15. The smallest absolute Gasteiger partial charge is 0.207 e.